The van der Waals surface area contributed by atoms with E-state index in [1.54, 1.807) is 0 Å². The zero-order valence-corrected chi connectivity index (χ0v) is 8.12. The highest BCUT2D eigenvalue weighted by molar-refractivity contribution is 5.91. The number of aryl methyl sites for hydroxylation is 1. The molecule has 1 N–H and O–H groups in total. The van der Waals surface area contributed by atoms with Crippen molar-refractivity contribution in [3.05, 3.63) is 23.0 Å². The van der Waals surface area contributed by atoms with Crippen molar-refractivity contribution >= 4 is 5.97 Å². The predicted molar refractivity (Wildman–Crippen MR) is 47.4 cm³/mol. The smallest absolute Gasteiger partial charge is 0.339 e. The van der Waals surface area contributed by atoms with Gasteiger partial charge in [0, 0.05) is 5.69 Å². The largest absolute Gasteiger partial charge is 0.494 e. The summed E-state index contributed by atoms with van der Waals surface area (Å²) in [6, 6.07) is 1.19. The topological polar surface area (TPSA) is 59.4 Å². The minimum atomic E-state index is -2.86. The molecule has 0 saturated carbocycles. The summed E-state index contributed by atoms with van der Waals surface area (Å²) >= 11 is 0. The van der Waals surface area contributed by atoms with Gasteiger partial charge in [0.15, 0.2) is 5.75 Å². The van der Waals surface area contributed by atoms with E-state index in [0.29, 0.717) is 0 Å². The van der Waals surface area contributed by atoms with Crippen LogP contribution in [0.3, 0.4) is 0 Å². The number of methoxy groups -OCH3 is 1. The lowest BCUT2D eigenvalue weighted by molar-refractivity contribution is 0.0691. The first-order valence-corrected chi connectivity index (χ1v) is 4.04. The quantitative estimate of drug-likeness (QED) is 0.841. The number of alkyl halides is 2. The Hall–Kier alpha value is -1.72. The van der Waals surface area contributed by atoms with Gasteiger partial charge in [-0.15, -0.1) is 0 Å². The molecule has 0 aromatic carbocycles. The molecule has 0 spiro atoms. The van der Waals surface area contributed by atoms with Crippen LogP contribution in [0.5, 0.6) is 5.75 Å². The number of hydrogen-bond acceptors (Lipinski definition) is 3. The van der Waals surface area contributed by atoms with Crippen molar-refractivity contribution < 1.29 is 23.4 Å². The average Bonchev–Trinajstić information content (AvgIpc) is 2.16. The molecule has 0 unspecified atom stereocenters. The van der Waals surface area contributed by atoms with Crippen LogP contribution in [-0.4, -0.2) is 23.2 Å². The van der Waals surface area contributed by atoms with Crippen molar-refractivity contribution in [3.63, 3.8) is 0 Å². The first-order chi connectivity index (χ1) is 6.97. The third kappa shape index (κ3) is 2.20. The Morgan fingerprint density at radius 2 is 2.20 bits per heavy atom. The fourth-order valence-electron chi connectivity index (χ4n) is 1.21. The molecular formula is C9H9F2NO3. The summed E-state index contributed by atoms with van der Waals surface area (Å²) in [6.45, 7) is 1.44. The molecule has 0 saturated heterocycles. The molecule has 82 valence electrons. The van der Waals surface area contributed by atoms with Gasteiger partial charge in [-0.2, -0.15) is 0 Å². The van der Waals surface area contributed by atoms with Crippen LogP contribution >= 0.6 is 0 Å². The number of rotatable bonds is 3. The maximum atomic E-state index is 12.5. The minimum Gasteiger partial charge on any atom is -0.494 e. The van der Waals surface area contributed by atoms with Gasteiger partial charge in [-0.25, -0.2) is 18.6 Å². The van der Waals surface area contributed by atoms with Gasteiger partial charge in [0.1, 0.15) is 11.3 Å². The van der Waals surface area contributed by atoms with Crippen molar-refractivity contribution in [2.75, 3.05) is 7.11 Å². The molecule has 0 fully saturated rings. The van der Waals surface area contributed by atoms with Gasteiger partial charge >= 0.3 is 5.97 Å². The van der Waals surface area contributed by atoms with E-state index in [1.807, 2.05) is 0 Å². The molecule has 0 amide bonds. The molecule has 0 atom stereocenters. The van der Waals surface area contributed by atoms with E-state index in [9.17, 15) is 13.6 Å². The Morgan fingerprint density at radius 3 is 2.60 bits per heavy atom. The maximum Gasteiger partial charge on any atom is 0.339 e. The van der Waals surface area contributed by atoms with Crippen LogP contribution in [0.25, 0.3) is 0 Å². The van der Waals surface area contributed by atoms with Crippen molar-refractivity contribution in [3.8, 4) is 5.75 Å². The van der Waals surface area contributed by atoms with Crippen LogP contribution in [0, 0.1) is 6.92 Å². The second-order valence-corrected chi connectivity index (χ2v) is 2.84. The molecule has 0 bridgehead atoms. The highest BCUT2D eigenvalue weighted by Gasteiger charge is 2.23. The fourth-order valence-corrected chi connectivity index (χ4v) is 1.21. The van der Waals surface area contributed by atoms with Gasteiger partial charge in [0.2, 0.25) is 0 Å². The standard InChI is InChI=1S/C9H9F2NO3/c1-4-3-5(9(13)14)7(15-2)6(12-4)8(10)11/h3,8H,1-2H3,(H,13,14). The van der Waals surface area contributed by atoms with Gasteiger partial charge in [0.25, 0.3) is 6.43 Å². The normalized spacial score (nSPS) is 10.5. The Labute approximate surface area is 84.5 Å². The Balaban J connectivity index is 3.45. The van der Waals surface area contributed by atoms with Crippen molar-refractivity contribution in [1.82, 2.24) is 4.98 Å². The number of aromatic carboxylic acids is 1. The molecule has 4 nitrogen and oxygen atoms in total. The van der Waals surface area contributed by atoms with Crippen LogP contribution < -0.4 is 4.74 Å². The number of carboxylic acid groups (broad SMARTS) is 1. The number of hydrogen-bond donors (Lipinski definition) is 1. The van der Waals surface area contributed by atoms with Crippen molar-refractivity contribution in [2.45, 2.75) is 13.3 Å². The summed E-state index contributed by atoms with van der Waals surface area (Å²) in [4.78, 5) is 14.3. The molecule has 15 heavy (non-hydrogen) atoms. The summed E-state index contributed by atoms with van der Waals surface area (Å²) in [7, 11) is 1.13. The average molecular weight is 217 g/mol. The lowest BCUT2D eigenvalue weighted by atomic mass is 10.1. The van der Waals surface area contributed by atoms with E-state index >= 15 is 0 Å². The van der Waals surface area contributed by atoms with Crippen molar-refractivity contribution in [2.24, 2.45) is 0 Å². The highest BCUT2D eigenvalue weighted by Crippen LogP contribution is 2.30. The monoisotopic (exact) mass is 217 g/mol. The third-order valence-electron chi connectivity index (χ3n) is 1.77. The third-order valence-corrected chi connectivity index (χ3v) is 1.77. The molecule has 6 heteroatoms. The number of carbonyl (C=O) groups is 1. The van der Waals surface area contributed by atoms with Gasteiger partial charge in [-0.05, 0) is 13.0 Å². The molecule has 1 aromatic rings. The SMILES string of the molecule is COc1c(C(=O)O)cc(C)nc1C(F)F. The van der Waals surface area contributed by atoms with Gasteiger partial charge in [-0.1, -0.05) is 0 Å². The van der Waals surface area contributed by atoms with Crippen LogP contribution in [0.2, 0.25) is 0 Å². The van der Waals surface area contributed by atoms with Gasteiger partial charge in [0.05, 0.1) is 7.11 Å². The van der Waals surface area contributed by atoms with E-state index in [-0.39, 0.29) is 17.0 Å². The summed E-state index contributed by atoms with van der Waals surface area (Å²) in [5.41, 5.74) is -0.737. The van der Waals surface area contributed by atoms with E-state index in [2.05, 4.69) is 9.72 Å². The second-order valence-electron chi connectivity index (χ2n) is 2.84. The molecule has 0 aliphatic carbocycles. The van der Waals surface area contributed by atoms with E-state index in [4.69, 9.17) is 5.11 Å². The summed E-state index contributed by atoms with van der Waals surface area (Å²) in [5.74, 6) is -1.71. The number of halogens is 2. The lowest BCUT2D eigenvalue weighted by Crippen LogP contribution is -2.07. The molecule has 0 radical (unpaired) electrons. The first kappa shape index (κ1) is 11.4. The van der Waals surface area contributed by atoms with Gasteiger partial charge < -0.3 is 9.84 Å². The maximum absolute atomic E-state index is 12.5. The van der Waals surface area contributed by atoms with E-state index in [0.717, 1.165) is 7.11 Å². The first-order valence-electron chi connectivity index (χ1n) is 4.04. The Bertz CT molecular complexity index is 393. The zero-order chi connectivity index (χ0) is 11.6. The summed E-state index contributed by atoms with van der Waals surface area (Å²) < 4.78 is 29.6. The van der Waals surface area contributed by atoms with Crippen molar-refractivity contribution in [1.29, 1.82) is 0 Å². The summed E-state index contributed by atoms with van der Waals surface area (Å²) in [6.07, 6.45) is -2.86. The summed E-state index contributed by atoms with van der Waals surface area (Å²) in [5, 5.41) is 8.77. The van der Waals surface area contributed by atoms with Crippen LogP contribution in [-0.2, 0) is 0 Å². The van der Waals surface area contributed by atoms with E-state index in [1.165, 1.54) is 13.0 Å². The second kappa shape index (κ2) is 4.20. The van der Waals surface area contributed by atoms with Gasteiger partial charge in [-0.3, -0.25) is 0 Å². The highest BCUT2D eigenvalue weighted by atomic mass is 19.3. The van der Waals surface area contributed by atoms with Crippen LogP contribution in [0.1, 0.15) is 28.2 Å². The van der Waals surface area contributed by atoms with Crippen LogP contribution in [0.15, 0.2) is 6.07 Å². The van der Waals surface area contributed by atoms with Crippen LogP contribution in [0.4, 0.5) is 8.78 Å². The number of ether oxygens (including phenoxy) is 1. The molecular weight excluding hydrogens is 208 g/mol. The predicted octanol–water partition coefficient (Wildman–Crippen LogP) is 2.03. The fraction of sp³-hybridized carbons (Fsp3) is 0.333. The number of aromatic nitrogens is 1. The molecule has 0 aliphatic rings. The number of nitrogens with zero attached hydrogens (tertiary/aromatic N) is 1. The Morgan fingerprint density at radius 1 is 1.60 bits per heavy atom. The molecule has 0 aliphatic heterocycles. The molecule has 1 aromatic heterocycles. The molecule has 1 heterocycles. The number of carboxylic acids is 1. The lowest BCUT2D eigenvalue weighted by Gasteiger charge is -2.10. The van der Waals surface area contributed by atoms with E-state index < -0.39 is 18.1 Å². The number of pyridine rings is 1. The minimum absolute atomic E-state index is 0.212. The molecule has 1 rings (SSSR count). The Kier molecular flexibility index (Phi) is 3.18. The zero-order valence-electron chi connectivity index (χ0n) is 8.12.